The van der Waals surface area contributed by atoms with E-state index in [-0.39, 0.29) is 0 Å². The predicted octanol–water partition coefficient (Wildman–Crippen LogP) is 7.99. The van der Waals surface area contributed by atoms with Crippen molar-refractivity contribution in [3.63, 3.8) is 0 Å². The molecule has 5 heterocycles. The van der Waals surface area contributed by atoms with Crippen LogP contribution in [-0.4, -0.2) is 41.6 Å². The van der Waals surface area contributed by atoms with Crippen molar-refractivity contribution in [3.8, 4) is 17.2 Å². The second-order valence-electron chi connectivity index (χ2n) is 15.9. The maximum Gasteiger partial charge on any atom is 0.220 e. The number of fused-ring (bicyclic) bond motifs is 7. The first-order chi connectivity index (χ1) is 30.2. The third-order valence-electron chi connectivity index (χ3n) is 12.6. The maximum absolute atomic E-state index is 7.38. The van der Waals surface area contributed by atoms with Crippen molar-refractivity contribution in [2.24, 2.45) is 0 Å². The van der Waals surface area contributed by atoms with Crippen molar-refractivity contribution in [2.45, 2.75) is 18.5 Å². The quantitative estimate of drug-likeness (QED) is 0.110. The van der Waals surface area contributed by atoms with Crippen LogP contribution in [0.4, 0.5) is 0 Å². The molecule has 7 aromatic carbocycles. The Hall–Kier alpha value is -7.75. The molecule has 11 aromatic rings. The van der Waals surface area contributed by atoms with Crippen LogP contribution in [0.1, 0.15) is 11.1 Å². The lowest BCUT2D eigenvalue weighted by Crippen LogP contribution is -2.75. The van der Waals surface area contributed by atoms with Gasteiger partial charge in [0.25, 0.3) is 0 Å². The molecule has 8 nitrogen and oxygen atoms in total. The summed E-state index contributed by atoms with van der Waals surface area (Å²) < 4.78 is 16.1. The molecule has 1 aliphatic rings. The van der Waals surface area contributed by atoms with Crippen molar-refractivity contribution in [1.29, 1.82) is 0 Å². The van der Waals surface area contributed by atoms with Gasteiger partial charge in [-0.2, -0.15) is 10.2 Å². The molecule has 0 atom stereocenters. The van der Waals surface area contributed by atoms with E-state index in [0.29, 0.717) is 13.1 Å². The van der Waals surface area contributed by atoms with Crippen LogP contribution >= 0.6 is 0 Å². The summed E-state index contributed by atoms with van der Waals surface area (Å²) >= 11 is 0. The van der Waals surface area contributed by atoms with E-state index in [1.165, 1.54) is 20.7 Å². The topological polar surface area (TPSA) is 67.1 Å². The number of nitrogens with zero attached hydrogens (tertiary/aromatic N) is 7. The number of benzene rings is 7. The van der Waals surface area contributed by atoms with E-state index in [1.807, 2.05) is 33.9 Å². The fraction of sp³-hybridized carbons (Fsp3) is 0.0577. The van der Waals surface area contributed by atoms with Crippen LogP contribution in [0.15, 0.2) is 213 Å². The number of rotatable bonds is 9. The molecular formula is C52H39N7OSi. The molecule has 4 aromatic heterocycles. The van der Waals surface area contributed by atoms with E-state index in [2.05, 4.69) is 197 Å². The van der Waals surface area contributed by atoms with Gasteiger partial charge in [-0.1, -0.05) is 133 Å². The van der Waals surface area contributed by atoms with E-state index in [0.717, 1.165) is 56.2 Å². The average Bonchev–Trinajstić information content (AvgIpc) is 4.15. The lowest BCUT2D eigenvalue weighted by atomic mass is 9.72. The van der Waals surface area contributed by atoms with Crippen LogP contribution in [-0.2, 0) is 18.5 Å². The smallest absolute Gasteiger partial charge is 0.220 e. The van der Waals surface area contributed by atoms with Crippen molar-refractivity contribution < 1.29 is 4.74 Å². The normalized spacial score (nSPS) is 13.3. The van der Waals surface area contributed by atoms with Gasteiger partial charge in [0, 0.05) is 41.6 Å². The molecule has 292 valence electrons. The first-order valence-corrected chi connectivity index (χ1v) is 22.7. The monoisotopic (exact) mass is 805 g/mol. The molecule has 0 aliphatic carbocycles. The third kappa shape index (κ3) is 5.33. The fourth-order valence-electron chi connectivity index (χ4n) is 10.1. The molecule has 1 aliphatic heterocycles. The number of ether oxygens (including phenoxy) is 1. The Morgan fingerprint density at radius 1 is 0.508 bits per heavy atom. The highest BCUT2D eigenvalue weighted by atomic mass is 28.3. The van der Waals surface area contributed by atoms with Gasteiger partial charge in [-0.3, -0.25) is 18.3 Å². The van der Waals surface area contributed by atoms with Gasteiger partial charge in [0.05, 0.1) is 40.6 Å². The zero-order valence-electron chi connectivity index (χ0n) is 33.2. The Bertz CT molecular complexity index is 3280. The van der Waals surface area contributed by atoms with Gasteiger partial charge in [0.1, 0.15) is 11.5 Å². The predicted molar refractivity (Wildman–Crippen MR) is 245 cm³/mol. The van der Waals surface area contributed by atoms with Crippen molar-refractivity contribution >= 4 is 56.7 Å². The lowest BCUT2D eigenvalue weighted by Gasteiger charge is -2.43. The van der Waals surface area contributed by atoms with Gasteiger partial charge < -0.3 is 4.74 Å². The van der Waals surface area contributed by atoms with Gasteiger partial charge in [-0.15, -0.1) is 0 Å². The SMILES string of the molecule is c1ccc([Si](c2ccccc2)(c2cccc(-n3c4ccccc4n4c5ccccc5nc34)c2)c2cccc3c2Oc2ccccc2C3(Cn2cccn2)Cn2cccn2)cc1. The van der Waals surface area contributed by atoms with Crippen LogP contribution in [0.25, 0.3) is 33.5 Å². The second-order valence-corrected chi connectivity index (χ2v) is 19.6. The Morgan fingerprint density at radius 2 is 1.10 bits per heavy atom. The summed E-state index contributed by atoms with van der Waals surface area (Å²) in [4.78, 5) is 5.25. The summed E-state index contributed by atoms with van der Waals surface area (Å²) in [7, 11) is -3.24. The summed E-state index contributed by atoms with van der Waals surface area (Å²) in [6, 6.07) is 67.7. The van der Waals surface area contributed by atoms with Crippen LogP contribution in [0.3, 0.4) is 0 Å². The molecule has 0 saturated carbocycles. The fourth-order valence-corrected chi connectivity index (χ4v) is 15.0. The number of imidazole rings is 2. The molecule has 9 heteroatoms. The molecule has 0 N–H and O–H groups in total. The molecule has 61 heavy (non-hydrogen) atoms. The molecule has 12 rings (SSSR count). The van der Waals surface area contributed by atoms with Crippen LogP contribution in [0.5, 0.6) is 11.5 Å². The number of hydrogen-bond donors (Lipinski definition) is 0. The van der Waals surface area contributed by atoms with E-state index in [9.17, 15) is 0 Å². The summed E-state index contributed by atoms with van der Waals surface area (Å²) in [6.45, 7) is 1.18. The largest absolute Gasteiger partial charge is 0.457 e. The molecule has 0 radical (unpaired) electrons. The van der Waals surface area contributed by atoms with Gasteiger partial charge in [0.15, 0.2) is 8.07 Å². The number of aromatic nitrogens is 7. The second kappa shape index (κ2) is 13.9. The van der Waals surface area contributed by atoms with E-state index < -0.39 is 13.5 Å². The molecular weight excluding hydrogens is 767 g/mol. The van der Waals surface area contributed by atoms with Crippen LogP contribution in [0, 0.1) is 0 Å². The van der Waals surface area contributed by atoms with Gasteiger partial charge >= 0.3 is 0 Å². The van der Waals surface area contributed by atoms with Gasteiger partial charge in [-0.25, -0.2) is 4.98 Å². The van der Waals surface area contributed by atoms with Crippen LogP contribution < -0.4 is 25.5 Å². The molecule has 0 amide bonds. The number of para-hydroxylation sites is 6. The first-order valence-electron chi connectivity index (χ1n) is 20.7. The van der Waals surface area contributed by atoms with E-state index >= 15 is 0 Å². The Kier molecular flexibility index (Phi) is 8.04. The van der Waals surface area contributed by atoms with Gasteiger partial charge in [0.2, 0.25) is 5.78 Å². The molecule has 0 fully saturated rings. The average molecular weight is 806 g/mol. The highest BCUT2D eigenvalue weighted by Crippen LogP contribution is 2.50. The molecule has 0 unspecified atom stereocenters. The summed E-state index contributed by atoms with van der Waals surface area (Å²) in [6.07, 6.45) is 7.81. The van der Waals surface area contributed by atoms with Crippen molar-refractivity contribution in [2.75, 3.05) is 0 Å². The Labute approximate surface area is 353 Å². The van der Waals surface area contributed by atoms with E-state index in [4.69, 9.17) is 19.9 Å². The highest BCUT2D eigenvalue weighted by Gasteiger charge is 2.49. The molecule has 0 bridgehead atoms. The summed E-state index contributed by atoms with van der Waals surface area (Å²) in [5, 5.41) is 14.5. The Morgan fingerprint density at radius 3 is 1.80 bits per heavy atom. The number of hydrogen-bond acceptors (Lipinski definition) is 4. The molecule has 0 saturated heterocycles. The third-order valence-corrected chi connectivity index (χ3v) is 17.4. The highest BCUT2D eigenvalue weighted by molar-refractivity contribution is 7.20. The summed E-state index contributed by atoms with van der Waals surface area (Å²) in [5.41, 5.74) is 6.93. The van der Waals surface area contributed by atoms with Crippen LogP contribution in [0.2, 0.25) is 0 Å². The first kappa shape index (κ1) is 35.2. The molecule has 0 spiro atoms. The minimum atomic E-state index is -3.24. The van der Waals surface area contributed by atoms with Crippen molar-refractivity contribution in [3.05, 3.63) is 224 Å². The lowest BCUT2D eigenvalue weighted by molar-refractivity contribution is 0.302. The maximum atomic E-state index is 7.38. The zero-order valence-corrected chi connectivity index (χ0v) is 34.2. The standard InChI is InChI=1S/C52H39N7OSi/c1-3-18-39(19-4-1)61(40-20-5-2-6-21-40,41-22-13-17-38(35-41)58-46-27-10-11-28-47(46)59-45-26-9-8-25-44(45)55-51(58)59)49-30-14-24-43-50(49)60-48-29-12-7-23-42(48)52(43,36-56-33-15-31-53-56)37-57-34-16-32-54-57/h1-35H,36-37H2. The van der Waals surface area contributed by atoms with Gasteiger partial charge in [-0.05, 0) is 75.3 Å². The Balaban J connectivity index is 1.17. The minimum absolute atomic E-state index is 0.590. The minimum Gasteiger partial charge on any atom is -0.457 e. The van der Waals surface area contributed by atoms with E-state index in [1.54, 1.807) is 0 Å². The zero-order chi connectivity index (χ0) is 40.4. The van der Waals surface area contributed by atoms with Crippen molar-refractivity contribution in [1.82, 2.24) is 33.5 Å². The summed E-state index contributed by atoms with van der Waals surface area (Å²) in [5.74, 6) is 2.61.